The molecule has 0 aliphatic heterocycles. The van der Waals surface area contributed by atoms with Crippen LogP contribution >= 0.6 is 0 Å². The van der Waals surface area contributed by atoms with Crippen molar-refractivity contribution in [3.63, 3.8) is 0 Å². The first-order chi connectivity index (χ1) is 7.63. The molecule has 88 valence electrons. The van der Waals surface area contributed by atoms with E-state index in [4.69, 9.17) is 4.89 Å². The number of anilines is 2. The van der Waals surface area contributed by atoms with E-state index >= 15 is 0 Å². The minimum atomic E-state index is -0.0807. The Morgan fingerprint density at radius 3 is 2.75 bits per heavy atom. The van der Waals surface area contributed by atoms with Gasteiger partial charge >= 0.3 is 0 Å². The topological polar surface area (TPSA) is 59.6 Å². The van der Waals surface area contributed by atoms with Crippen molar-refractivity contribution in [1.29, 1.82) is 0 Å². The van der Waals surface area contributed by atoms with Gasteiger partial charge in [-0.15, -0.1) is 0 Å². The number of carbonyl (C=O) groups is 1. The van der Waals surface area contributed by atoms with E-state index in [1.54, 1.807) is 0 Å². The third kappa shape index (κ3) is 3.88. The molecule has 0 bridgehead atoms. The van der Waals surface area contributed by atoms with Crippen molar-refractivity contribution in [2.45, 2.75) is 13.8 Å². The van der Waals surface area contributed by atoms with Crippen LogP contribution in [0.25, 0.3) is 0 Å². The second-order valence-corrected chi connectivity index (χ2v) is 3.32. The van der Waals surface area contributed by atoms with Gasteiger partial charge in [-0.3, -0.25) is 4.79 Å². The summed E-state index contributed by atoms with van der Waals surface area (Å²) in [5.74, 6) is -0.0807. The van der Waals surface area contributed by atoms with E-state index in [-0.39, 0.29) is 12.6 Å². The standard InChI is InChI=1S/C11H16N2O3/c1-8-6-10(13-9(2)14)4-5-11(8)12-7-16-15-3/h4-6,12H,7H2,1-3H3,(H,13,14). The zero-order chi connectivity index (χ0) is 12.0. The van der Waals surface area contributed by atoms with Crippen molar-refractivity contribution < 1.29 is 14.6 Å². The number of benzene rings is 1. The molecule has 16 heavy (non-hydrogen) atoms. The minimum absolute atomic E-state index is 0.0807. The summed E-state index contributed by atoms with van der Waals surface area (Å²) in [6.45, 7) is 3.70. The van der Waals surface area contributed by atoms with Gasteiger partial charge < -0.3 is 10.6 Å². The Bertz CT molecular complexity index is 366. The number of hydrogen-bond acceptors (Lipinski definition) is 4. The summed E-state index contributed by atoms with van der Waals surface area (Å²) in [7, 11) is 1.45. The average Bonchev–Trinajstić information content (AvgIpc) is 2.20. The van der Waals surface area contributed by atoms with Gasteiger partial charge in [0.25, 0.3) is 0 Å². The molecule has 0 aromatic heterocycles. The van der Waals surface area contributed by atoms with E-state index in [9.17, 15) is 4.79 Å². The second kappa shape index (κ2) is 6.09. The molecule has 0 fully saturated rings. The Kier molecular flexibility index (Phi) is 4.75. The summed E-state index contributed by atoms with van der Waals surface area (Å²) in [5, 5.41) is 5.75. The molecule has 0 spiro atoms. The predicted molar refractivity (Wildman–Crippen MR) is 62.1 cm³/mol. The fourth-order valence-electron chi connectivity index (χ4n) is 1.31. The van der Waals surface area contributed by atoms with Crippen molar-refractivity contribution in [2.24, 2.45) is 0 Å². The van der Waals surface area contributed by atoms with Crippen LogP contribution in [0.1, 0.15) is 12.5 Å². The third-order valence-electron chi connectivity index (χ3n) is 1.99. The van der Waals surface area contributed by atoms with Crippen molar-refractivity contribution in [2.75, 3.05) is 24.5 Å². The van der Waals surface area contributed by atoms with Crippen LogP contribution in [0.5, 0.6) is 0 Å². The average molecular weight is 224 g/mol. The van der Waals surface area contributed by atoms with E-state index in [0.29, 0.717) is 0 Å². The first-order valence-corrected chi connectivity index (χ1v) is 4.91. The van der Waals surface area contributed by atoms with Crippen LogP contribution in [-0.4, -0.2) is 19.7 Å². The molecule has 5 nitrogen and oxygen atoms in total. The maximum absolute atomic E-state index is 10.9. The third-order valence-corrected chi connectivity index (χ3v) is 1.99. The number of rotatable bonds is 5. The maximum atomic E-state index is 10.9. The number of amides is 1. The van der Waals surface area contributed by atoms with Crippen LogP contribution in [0.4, 0.5) is 11.4 Å². The summed E-state index contributed by atoms with van der Waals surface area (Å²) in [6, 6.07) is 5.58. The van der Waals surface area contributed by atoms with Gasteiger partial charge in [0.05, 0.1) is 7.11 Å². The summed E-state index contributed by atoms with van der Waals surface area (Å²) >= 11 is 0. The lowest BCUT2D eigenvalue weighted by Gasteiger charge is -2.10. The molecule has 0 heterocycles. The van der Waals surface area contributed by atoms with Crippen molar-refractivity contribution in [3.05, 3.63) is 23.8 Å². The Hall–Kier alpha value is -1.59. The van der Waals surface area contributed by atoms with Gasteiger partial charge in [0, 0.05) is 18.3 Å². The van der Waals surface area contributed by atoms with Gasteiger partial charge in [-0.2, -0.15) is 0 Å². The highest BCUT2D eigenvalue weighted by molar-refractivity contribution is 5.89. The van der Waals surface area contributed by atoms with Gasteiger partial charge in [-0.25, -0.2) is 9.78 Å². The van der Waals surface area contributed by atoms with Crippen LogP contribution in [0.15, 0.2) is 18.2 Å². The number of carbonyl (C=O) groups excluding carboxylic acids is 1. The molecule has 1 rings (SSSR count). The van der Waals surface area contributed by atoms with Crippen LogP contribution in [0.3, 0.4) is 0 Å². The highest BCUT2D eigenvalue weighted by atomic mass is 17.2. The van der Waals surface area contributed by atoms with Gasteiger partial charge in [0.2, 0.25) is 5.91 Å². The molecule has 2 N–H and O–H groups in total. The highest BCUT2D eigenvalue weighted by Gasteiger charge is 2.00. The number of hydrogen-bond donors (Lipinski definition) is 2. The molecule has 0 aliphatic rings. The Labute approximate surface area is 94.7 Å². The molecule has 0 unspecified atom stereocenters. The quantitative estimate of drug-likeness (QED) is 0.347. The van der Waals surface area contributed by atoms with E-state index in [2.05, 4.69) is 15.5 Å². The molecule has 5 heteroatoms. The normalized spacial score (nSPS) is 9.94. The van der Waals surface area contributed by atoms with Crippen LogP contribution in [0, 0.1) is 6.92 Å². The Morgan fingerprint density at radius 1 is 1.44 bits per heavy atom. The van der Waals surface area contributed by atoms with Crippen LogP contribution in [0.2, 0.25) is 0 Å². The molecule has 1 amide bonds. The highest BCUT2D eigenvalue weighted by Crippen LogP contribution is 2.19. The van der Waals surface area contributed by atoms with Gasteiger partial charge in [-0.05, 0) is 30.7 Å². The molecule has 0 radical (unpaired) electrons. The zero-order valence-corrected chi connectivity index (χ0v) is 9.66. The molecule has 0 saturated heterocycles. The second-order valence-electron chi connectivity index (χ2n) is 3.32. The monoisotopic (exact) mass is 224 g/mol. The van der Waals surface area contributed by atoms with Crippen LogP contribution in [-0.2, 0) is 14.6 Å². The van der Waals surface area contributed by atoms with E-state index < -0.39 is 0 Å². The molecular formula is C11H16N2O3. The van der Waals surface area contributed by atoms with E-state index in [1.807, 2.05) is 25.1 Å². The lowest BCUT2D eigenvalue weighted by Crippen LogP contribution is -2.08. The lowest BCUT2D eigenvalue weighted by molar-refractivity contribution is -0.266. The van der Waals surface area contributed by atoms with Crippen LogP contribution < -0.4 is 10.6 Å². The fourth-order valence-corrected chi connectivity index (χ4v) is 1.31. The molecule has 1 aromatic carbocycles. The lowest BCUT2D eigenvalue weighted by atomic mass is 10.2. The van der Waals surface area contributed by atoms with E-state index in [1.165, 1.54) is 14.0 Å². The molecule has 0 saturated carbocycles. The molecule has 0 aliphatic carbocycles. The first-order valence-electron chi connectivity index (χ1n) is 4.91. The Balaban J connectivity index is 2.64. The van der Waals surface area contributed by atoms with Crippen molar-refractivity contribution in [1.82, 2.24) is 0 Å². The fraction of sp³-hybridized carbons (Fsp3) is 0.364. The predicted octanol–water partition coefficient (Wildman–Crippen LogP) is 1.90. The number of aryl methyl sites for hydroxylation is 1. The summed E-state index contributed by atoms with van der Waals surface area (Å²) in [6.07, 6.45) is 0. The largest absolute Gasteiger partial charge is 0.360 e. The van der Waals surface area contributed by atoms with Gasteiger partial charge in [-0.1, -0.05) is 0 Å². The summed E-state index contributed by atoms with van der Waals surface area (Å²) < 4.78 is 0. The zero-order valence-electron chi connectivity index (χ0n) is 9.66. The summed E-state index contributed by atoms with van der Waals surface area (Å²) in [4.78, 5) is 20.0. The van der Waals surface area contributed by atoms with Gasteiger partial charge in [0.15, 0.2) is 6.73 Å². The Morgan fingerprint density at radius 2 is 2.19 bits per heavy atom. The van der Waals surface area contributed by atoms with E-state index in [0.717, 1.165) is 16.9 Å². The first kappa shape index (κ1) is 12.5. The SMILES string of the molecule is COOCNc1ccc(NC(C)=O)cc1C. The maximum Gasteiger partial charge on any atom is 0.221 e. The molecule has 0 atom stereocenters. The van der Waals surface area contributed by atoms with Gasteiger partial charge in [0.1, 0.15) is 0 Å². The molecular weight excluding hydrogens is 208 g/mol. The smallest absolute Gasteiger partial charge is 0.221 e. The molecule has 1 aromatic rings. The van der Waals surface area contributed by atoms with Crippen molar-refractivity contribution in [3.8, 4) is 0 Å². The van der Waals surface area contributed by atoms with Crippen molar-refractivity contribution >= 4 is 17.3 Å². The number of nitrogens with one attached hydrogen (secondary N) is 2. The minimum Gasteiger partial charge on any atom is -0.360 e. The summed E-state index contributed by atoms with van der Waals surface area (Å²) in [5.41, 5.74) is 2.74.